The molecule has 4 nitrogen and oxygen atoms in total. The van der Waals surface area contributed by atoms with Crippen LogP contribution in [0.15, 0.2) is 36.5 Å². The number of para-hydroxylation sites is 1. The lowest BCUT2D eigenvalue weighted by atomic mass is 10.2. The SMILES string of the molecule is Cc1sc(C(=O)NN)cc1Cn1cc(C)c2ccccc21. The molecule has 0 aliphatic rings. The molecule has 0 saturated heterocycles. The largest absolute Gasteiger partial charge is 0.343 e. The van der Waals surface area contributed by atoms with E-state index >= 15 is 0 Å². The lowest BCUT2D eigenvalue weighted by Crippen LogP contribution is -2.29. The molecule has 2 aromatic heterocycles. The lowest BCUT2D eigenvalue weighted by molar-refractivity contribution is 0.0957. The highest BCUT2D eigenvalue weighted by atomic mass is 32.1. The second kappa shape index (κ2) is 5.35. The number of carbonyl (C=O) groups excluding carboxylic acids is 1. The Hall–Kier alpha value is -2.11. The molecular weight excluding hydrogens is 282 g/mol. The van der Waals surface area contributed by atoms with E-state index in [9.17, 15) is 4.79 Å². The molecule has 0 radical (unpaired) electrons. The molecule has 108 valence electrons. The third-order valence-corrected chi connectivity index (χ3v) is 4.80. The number of rotatable bonds is 3. The van der Waals surface area contributed by atoms with Gasteiger partial charge in [0.1, 0.15) is 0 Å². The zero-order valence-corrected chi connectivity index (χ0v) is 12.8. The first kappa shape index (κ1) is 13.9. The van der Waals surface area contributed by atoms with Crippen molar-refractivity contribution in [3.05, 3.63) is 57.4 Å². The summed E-state index contributed by atoms with van der Waals surface area (Å²) in [5, 5.41) is 1.27. The van der Waals surface area contributed by atoms with Crippen LogP contribution in [0.4, 0.5) is 0 Å². The molecule has 0 unspecified atom stereocenters. The first-order valence-corrected chi connectivity index (χ1v) is 7.56. The highest BCUT2D eigenvalue weighted by Gasteiger charge is 2.13. The standard InChI is InChI=1S/C16H17N3OS/c1-10-8-19(14-6-4-3-5-13(10)14)9-12-7-15(16(20)18-17)21-11(12)2/h3-8H,9,17H2,1-2H3,(H,18,20). The summed E-state index contributed by atoms with van der Waals surface area (Å²) in [6.45, 7) is 4.91. The molecular formula is C16H17N3OS. The predicted octanol–water partition coefficient (Wildman–Crippen LogP) is 2.97. The van der Waals surface area contributed by atoms with Gasteiger partial charge in [-0.3, -0.25) is 10.2 Å². The molecule has 0 spiro atoms. The molecule has 0 fully saturated rings. The quantitative estimate of drug-likeness (QED) is 0.444. The van der Waals surface area contributed by atoms with Crippen LogP contribution in [0.1, 0.15) is 25.7 Å². The number of thiophene rings is 1. The second-order valence-corrected chi connectivity index (χ2v) is 6.38. The molecule has 5 heteroatoms. The van der Waals surface area contributed by atoms with E-state index in [4.69, 9.17) is 5.84 Å². The van der Waals surface area contributed by atoms with E-state index in [1.54, 1.807) is 0 Å². The molecule has 0 bridgehead atoms. The van der Waals surface area contributed by atoms with E-state index in [1.165, 1.54) is 27.8 Å². The average Bonchev–Trinajstić information content (AvgIpc) is 3.01. The zero-order chi connectivity index (χ0) is 15.0. The van der Waals surface area contributed by atoms with Gasteiger partial charge in [0, 0.05) is 28.5 Å². The molecule has 3 N–H and O–H groups in total. The van der Waals surface area contributed by atoms with Crippen LogP contribution >= 0.6 is 11.3 Å². The number of amides is 1. The van der Waals surface area contributed by atoms with E-state index in [0.717, 1.165) is 17.0 Å². The number of hydrogen-bond donors (Lipinski definition) is 2. The van der Waals surface area contributed by atoms with E-state index in [0.29, 0.717) is 4.88 Å². The Morgan fingerprint density at radius 1 is 1.33 bits per heavy atom. The number of hydrogen-bond acceptors (Lipinski definition) is 3. The van der Waals surface area contributed by atoms with Crippen molar-refractivity contribution in [2.45, 2.75) is 20.4 Å². The van der Waals surface area contributed by atoms with Crippen molar-refractivity contribution in [2.75, 3.05) is 0 Å². The Morgan fingerprint density at radius 3 is 2.86 bits per heavy atom. The van der Waals surface area contributed by atoms with Gasteiger partial charge in [-0.2, -0.15) is 0 Å². The number of nitrogen functional groups attached to an aromatic ring is 1. The fourth-order valence-corrected chi connectivity index (χ4v) is 3.54. The van der Waals surface area contributed by atoms with Gasteiger partial charge < -0.3 is 4.57 Å². The van der Waals surface area contributed by atoms with Crippen LogP contribution in [-0.4, -0.2) is 10.5 Å². The molecule has 2 heterocycles. The number of nitrogens with two attached hydrogens (primary N) is 1. The van der Waals surface area contributed by atoms with Crippen LogP contribution in [0.25, 0.3) is 10.9 Å². The third kappa shape index (κ3) is 2.46. The molecule has 0 atom stereocenters. The number of benzene rings is 1. The topological polar surface area (TPSA) is 60.1 Å². The lowest BCUT2D eigenvalue weighted by Gasteiger charge is -2.04. The summed E-state index contributed by atoms with van der Waals surface area (Å²) < 4.78 is 2.23. The molecule has 21 heavy (non-hydrogen) atoms. The van der Waals surface area contributed by atoms with E-state index in [2.05, 4.69) is 41.3 Å². The summed E-state index contributed by atoms with van der Waals surface area (Å²) in [7, 11) is 0. The van der Waals surface area contributed by atoms with Gasteiger partial charge in [0.15, 0.2) is 0 Å². The summed E-state index contributed by atoms with van der Waals surface area (Å²) in [5.74, 6) is 4.96. The summed E-state index contributed by atoms with van der Waals surface area (Å²) in [4.78, 5) is 13.4. The van der Waals surface area contributed by atoms with Crippen LogP contribution in [0, 0.1) is 13.8 Å². The van der Waals surface area contributed by atoms with E-state index in [1.807, 2.05) is 19.1 Å². The molecule has 0 aliphatic heterocycles. The predicted molar refractivity (Wildman–Crippen MR) is 86.5 cm³/mol. The Labute approximate surface area is 127 Å². The van der Waals surface area contributed by atoms with Gasteiger partial charge >= 0.3 is 0 Å². The molecule has 3 rings (SSSR count). The minimum atomic E-state index is -0.233. The minimum Gasteiger partial charge on any atom is -0.343 e. The van der Waals surface area contributed by atoms with Crippen molar-refractivity contribution in [1.82, 2.24) is 9.99 Å². The minimum absolute atomic E-state index is 0.233. The number of fused-ring (bicyclic) bond motifs is 1. The Bertz CT molecular complexity index is 816. The van der Waals surface area contributed by atoms with E-state index in [-0.39, 0.29) is 5.91 Å². The van der Waals surface area contributed by atoms with Crippen molar-refractivity contribution >= 4 is 28.1 Å². The maximum Gasteiger partial charge on any atom is 0.275 e. The fourth-order valence-electron chi connectivity index (χ4n) is 2.60. The van der Waals surface area contributed by atoms with Crippen molar-refractivity contribution in [3.63, 3.8) is 0 Å². The van der Waals surface area contributed by atoms with Crippen LogP contribution in [0.3, 0.4) is 0 Å². The Morgan fingerprint density at radius 2 is 2.10 bits per heavy atom. The van der Waals surface area contributed by atoms with Gasteiger partial charge in [-0.1, -0.05) is 18.2 Å². The van der Waals surface area contributed by atoms with Gasteiger partial charge in [-0.05, 0) is 37.1 Å². The average molecular weight is 299 g/mol. The Kier molecular flexibility index (Phi) is 3.53. The summed E-state index contributed by atoms with van der Waals surface area (Å²) in [5.41, 5.74) is 5.81. The number of nitrogens with one attached hydrogen (secondary N) is 1. The number of aryl methyl sites for hydroxylation is 2. The molecule has 0 aliphatic carbocycles. The smallest absolute Gasteiger partial charge is 0.275 e. The first-order valence-electron chi connectivity index (χ1n) is 6.75. The number of hydrazine groups is 1. The normalized spacial score (nSPS) is 11.0. The molecule has 1 amide bonds. The van der Waals surface area contributed by atoms with Crippen LogP contribution in [0.5, 0.6) is 0 Å². The van der Waals surface area contributed by atoms with Crippen molar-refractivity contribution in [3.8, 4) is 0 Å². The third-order valence-electron chi connectivity index (χ3n) is 3.70. The number of aromatic nitrogens is 1. The van der Waals surface area contributed by atoms with Gasteiger partial charge in [-0.15, -0.1) is 11.3 Å². The van der Waals surface area contributed by atoms with Gasteiger partial charge in [0.2, 0.25) is 0 Å². The Balaban J connectivity index is 1.99. The molecule has 1 aromatic carbocycles. The zero-order valence-electron chi connectivity index (χ0n) is 12.0. The van der Waals surface area contributed by atoms with E-state index < -0.39 is 0 Å². The highest BCUT2D eigenvalue weighted by molar-refractivity contribution is 7.14. The summed E-state index contributed by atoms with van der Waals surface area (Å²) in [6, 6.07) is 10.3. The van der Waals surface area contributed by atoms with Crippen molar-refractivity contribution in [2.24, 2.45) is 5.84 Å². The van der Waals surface area contributed by atoms with Crippen LogP contribution in [-0.2, 0) is 6.54 Å². The number of carbonyl (C=O) groups is 1. The van der Waals surface area contributed by atoms with Crippen LogP contribution in [0.2, 0.25) is 0 Å². The maximum absolute atomic E-state index is 11.6. The second-order valence-electron chi connectivity index (χ2n) is 5.12. The van der Waals surface area contributed by atoms with Crippen molar-refractivity contribution < 1.29 is 4.79 Å². The maximum atomic E-state index is 11.6. The van der Waals surface area contributed by atoms with Crippen molar-refractivity contribution in [1.29, 1.82) is 0 Å². The highest BCUT2D eigenvalue weighted by Crippen LogP contribution is 2.26. The van der Waals surface area contributed by atoms with Gasteiger partial charge in [-0.25, -0.2) is 5.84 Å². The number of nitrogens with zero attached hydrogens (tertiary/aromatic N) is 1. The molecule has 3 aromatic rings. The van der Waals surface area contributed by atoms with Gasteiger partial charge in [0.25, 0.3) is 5.91 Å². The fraction of sp³-hybridized carbons (Fsp3) is 0.188. The van der Waals surface area contributed by atoms with Crippen LogP contribution < -0.4 is 11.3 Å². The summed E-state index contributed by atoms with van der Waals surface area (Å²) in [6.07, 6.45) is 2.16. The molecule has 0 saturated carbocycles. The monoisotopic (exact) mass is 299 g/mol. The van der Waals surface area contributed by atoms with Gasteiger partial charge in [0.05, 0.1) is 4.88 Å². The summed E-state index contributed by atoms with van der Waals surface area (Å²) >= 11 is 1.47. The first-order chi connectivity index (χ1) is 10.1.